The van der Waals surface area contributed by atoms with Crippen molar-refractivity contribution in [2.45, 2.75) is 52.1 Å². The zero-order chi connectivity index (χ0) is 16.7. The molecule has 23 heavy (non-hydrogen) atoms. The summed E-state index contributed by atoms with van der Waals surface area (Å²) in [5.41, 5.74) is -0.425. The van der Waals surface area contributed by atoms with Crippen molar-refractivity contribution in [2.75, 3.05) is 19.7 Å². The molecule has 2 rings (SSSR count). The van der Waals surface area contributed by atoms with Gasteiger partial charge in [0.05, 0.1) is 12.8 Å². The molecule has 0 saturated carbocycles. The van der Waals surface area contributed by atoms with E-state index < -0.39 is 5.60 Å². The number of carbonyl (C=O) groups excluding carboxylic acids is 1. The average molecular weight is 321 g/mol. The molecule has 128 valence electrons. The van der Waals surface area contributed by atoms with E-state index in [1.165, 1.54) is 0 Å². The van der Waals surface area contributed by atoms with Gasteiger partial charge < -0.3 is 14.4 Å². The lowest BCUT2D eigenvalue weighted by atomic mass is 9.92. The second-order valence-electron chi connectivity index (χ2n) is 6.95. The molecule has 1 aliphatic rings. The molecule has 0 atom stereocenters. The monoisotopic (exact) mass is 321 g/mol. The Morgan fingerprint density at radius 3 is 2.65 bits per heavy atom. The third-order valence-electron chi connectivity index (χ3n) is 3.81. The Balaban J connectivity index is 1.60. The lowest BCUT2D eigenvalue weighted by Gasteiger charge is -2.33. The second-order valence-corrected chi connectivity index (χ2v) is 6.95. The molecule has 6 heteroatoms. The van der Waals surface area contributed by atoms with E-state index in [9.17, 15) is 4.79 Å². The number of carbonyl (C=O) groups is 1. The lowest BCUT2D eigenvalue weighted by molar-refractivity contribution is 0.0179. The van der Waals surface area contributed by atoms with E-state index in [1.54, 1.807) is 18.6 Å². The molecular formula is C17H27N3O3. The van der Waals surface area contributed by atoms with Crippen LogP contribution in [0, 0.1) is 5.92 Å². The highest BCUT2D eigenvalue weighted by Gasteiger charge is 2.26. The maximum atomic E-state index is 12.0. The fourth-order valence-corrected chi connectivity index (χ4v) is 2.64. The molecular weight excluding hydrogens is 294 g/mol. The highest BCUT2D eigenvalue weighted by Crippen LogP contribution is 2.23. The Labute approximate surface area is 138 Å². The van der Waals surface area contributed by atoms with Gasteiger partial charge in [0.15, 0.2) is 0 Å². The number of hydrogen-bond acceptors (Lipinski definition) is 5. The van der Waals surface area contributed by atoms with Crippen molar-refractivity contribution in [3.63, 3.8) is 0 Å². The van der Waals surface area contributed by atoms with E-state index in [4.69, 9.17) is 9.47 Å². The van der Waals surface area contributed by atoms with Crippen LogP contribution in [-0.4, -0.2) is 46.3 Å². The minimum absolute atomic E-state index is 0.193. The van der Waals surface area contributed by atoms with Crippen molar-refractivity contribution in [1.82, 2.24) is 14.9 Å². The molecule has 1 aromatic rings. The van der Waals surface area contributed by atoms with E-state index in [1.807, 2.05) is 25.7 Å². The van der Waals surface area contributed by atoms with Crippen LogP contribution in [0.25, 0.3) is 0 Å². The highest BCUT2D eigenvalue weighted by molar-refractivity contribution is 5.68. The van der Waals surface area contributed by atoms with Gasteiger partial charge in [0.1, 0.15) is 5.60 Å². The van der Waals surface area contributed by atoms with Crippen molar-refractivity contribution in [3.8, 4) is 5.88 Å². The molecule has 0 unspecified atom stereocenters. The minimum atomic E-state index is -0.425. The summed E-state index contributed by atoms with van der Waals surface area (Å²) in [4.78, 5) is 21.9. The predicted molar refractivity (Wildman–Crippen MR) is 87.3 cm³/mol. The van der Waals surface area contributed by atoms with Crippen LogP contribution in [0.2, 0.25) is 0 Å². The molecule has 1 aliphatic heterocycles. The number of rotatable bonds is 5. The summed E-state index contributed by atoms with van der Waals surface area (Å²) in [6.07, 6.45) is 8.86. The van der Waals surface area contributed by atoms with Crippen molar-refractivity contribution in [1.29, 1.82) is 0 Å². The molecule has 1 aromatic heterocycles. The first-order valence-corrected chi connectivity index (χ1v) is 8.31. The van der Waals surface area contributed by atoms with Crippen LogP contribution in [0.4, 0.5) is 4.79 Å². The van der Waals surface area contributed by atoms with Crippen LogP contribution in [-0.2, 0) is 4.74 Å². The van der Waals surface area contributed by atoms with Crippen LogP contribution in [0.5, 0.6) is 5.88 Å². The third kappa shape index (κ3) is 6.42. The van der Waals surface area contributed by atoms with E-state index in [-0.39, 0.29) is 6.09 Å². The van der Waals surface area contributed by atoms with Gasteiger partial charge in [-0.3, -0.25) is 4.98 Å². The number of amides is 1. The third-order valence-corrected chi connectivity index (χ3v) is 3.81. The Morgan fingerprint density at radius 1 is 1.30 bits per heavy atom. The Bertz CT molecular complexity index is 480. The van der Waals surface area contributed by atoms with Crippen LogP contribution >= 0.6 is 0 Å². The molecule has 0 aliphatic carbocycles. The van der Waals surface area contributed by atoms with Gasteiger partial charge in [-0.15, -0.1) is 0 Å². The summed E-state index contributed by atoms with van der Waals surface area (Å²) in [6.45, 7) is 7.92. The Kier molecular flexibility index (Phi) is 6.19. The average Bonchev–Trinajstić information content (AvgIpc) is 2.51. The molecule has 6 nitrogen and oxygen atoms in total. The molecule has 0 radical (unpaired) electrons. The minimum Gasteiger partial charge on any atom is -0.477 e. The second kappa shape index (κ2) is 8.13. The number of piperidine rings is 1. The summed E-state index contributed by atoms with van der Waals surface area (Å²) in [5, 5.41) is 0. The number of likely N-dealkylation sites (tertiary alicyclic amines) is 1. The molecule has 0 N–H and O–H groups in total. The van der Waals surface area contributed by atoms with E-state index in [0.717, 1.165) is 38.8 Å². The first-order chi connectivity index (χ1) is 10.9. The number of aromatic nitrogens is 2. The van der Waals surface area contributed by atoms with Crippen LogP contribution in [0.1, 0.15) is 46.5 Å². The van der Waals surface area contributed by atoms with Crippen LogP contribution in [0.15, 0.2) is 18.6 Å². The SMILES string of the molecule is CC(C)(C)OC(=O)N1CCC(CCCOc2cnccn2)CC1. The van der Waals surface area contributed by atoms with Gasteiger partial charge in [-0.2, -0.15) is 0 Å². The zero-order valence-electron chi connectivity index (χ0n) is 14.3. The Hall–Kier alpha value is -1.85. The summed E-state index contributed by atoms with van der Waals surface area (Å²) < 4.78 is 11.0. The summed E-state index contributed by atoms with van der Waals surface area (Å²) in [7, 11) is 0. The quantitative estimate of drug-likeness (QED) is 0.779. The fraction of sp³-hybridized carbons (Fsp3) is 0.706. The summed E-state index contributed by atoms with van der Waals surface area (Å²) >= 11 is 0. The molecule has 2 heterocycles. The molecule has 1 saturated heterocycles. The van der Waals surface area contributed by atoms with Crippen LogP contribution in [0.3, 0.4) is 0 Å². The smallest absolute Gasteiger partial charge is 0.410 e. The normalized spacial score (nSPS) is 16.2. The van der Waals surface area contributed by atoms with Gasteiger partial charge in [0.2, 0.25) is 5.88 Å². The first kappa shape index (κ1) is 17.5. The number of hydrogen-bond donors (Lipinski definition) is 0. The molecule has 1 fully saturated rings. The van der Waals surface area contributed by atoms with E-state index in [0.29, 0.717) is 18.4 Å². The predicted octanol–water partition coefficient (Wildman–Crippen LogP) is 3.28. The van der Waals surface area contributed by atoms with Crippen molar-refractivity contribution >= 4 is 6.09 Å². The molecule has 0 aromatic carbocycles. The topological polar surface area (TPSA) is 64.5 Å². The van der Waals surface area contributed by atoms with Gasteiger partial charge >= 0.3 is 6.09 Å². The summed E-state index contributed by atoms with van der Waals surface area (Å²) in [5.74, 6) is 1.23. The Morgan fingerprint density at radius 2 is 2.04 bits per heavy atom. The van der Waals surface area contributed by atoms with Gasteiger partial charge in [-0.05, 0) is 52.4 Å². The lowest BCUT2D eigenvalue weighted by Crippen LogP contribution is -2.41. The van der Waals surface area contributed by atoms with Gasteiger partial charge in [0.25, 0.3) is 0 Å². The molecule has 0 spiro atoms. The summed E-state index contributed by atoms with van der Waals surface area (Å²) in [6, 6.07) is 0. The molecule has 0 bridgehead atoms. The number of nitrogens with zero attached hydrogens (tertiary/aromatic N) is 3. The van der Waals surface area contributed by atoms with Crippen LogP contribution < -0.4 is 4.74 Å². The van der Waals surface area contributed by atoms with E-state index in [2.05, 4.69) is 9.97 Å². The first-order valence-electron chi connectivity index (χ1n) is 8.31. The van der Waals surface area contributed by atoms with Crippen molar-refractivity contribution in [3.05, 3.63) is 18.6 Å². The maximum Gasteiger partial charge on any atom is 0.410 e. The largest absolute Gasteiger partial charge is 0.477 e. The maximum absolute atomic E-state index is 12.0. The fourth-order valence-electron chi connectivity index (χ4n) is 2.64. The van der Waals surface area contributed by atoms with Gasteiger partial charge in [-0.1, -0.05) is 0 Å². The van der Waals surface area contributed by atoms with E-state index >= 15 is 0 Å². The van der Waals surface area contributed by atoms with Crippen molar-refractivity contribution < 1.29 is 14.3 Å². The van der Waals surface area contributed by atoms with Crippen molar-refractivity contribution in [2.24, 2.45) is 5.92 Å². The van der Waals surface area contributed by atoms with Gasteiger partial charge in [-0.25, -0.2) is 9.78 Å². The van der Waals surface area contributed by atoms with Gasteiger partial charge in [0, 0.05) is 25.5 Å². The highest BCUT2D eigenvalue weighted by atomic mass is 16.6. The standard InChI is InChI=1S/C17H27N3O3/c1-17(2,3)23-16(21)20-10-6-14(7-11-20)5-4-12-22-15-13-18-8-9-19-15/h8-9,13-14H,4-7,10-12H2,1-3H3. The zero-order valence-corrected chi connectivity index (χ0v) is 14.3. The molecule has 1 amide bonds. The number of ether oxygens (including phenoxy) is 2.